The molecule has 3 rings (SSSR count). The summed E-state index contributed by atoms with van der Waals surface area (Å²) in [5.74, 6) is 1.10. The van der Waals surface area contributed by atoms with Crippen LogP contribution in [0.1, 0.15) is 29.0 Å². The van der Waals surface area contributed by atoms with E-state index >= 15 is 0 Å². The molecule has 0 saturated heterocycles. The Morgan fingerprint density at radius 2 is 2.00 bits per heavy atom. The minimum Gasteiger partial charge on any atom is -0.493 e. The summed E-state index contributed by atoms with van der Waals surface area (Å²) in [7, 11) is 3.25. The molecule has 1 aliphatic rings. The van der Waals surface area contributed by atoms with Crippen LogP contribution in [0.25, 0.3) is 0 Å². The minimum absolute atomic E-state index is 0.00328. The van der Waals surface area contributed by atoms with E-state index < -0.39 is 6.03 Å². The van der Waals surface area contributed by atoms with E-state index in [9.17, 15) is 9.59 Å². The molecule has 1 aromatic heterocycles. The lowest BCUT2D eigenvalue weighted by molar-refractivity contribution is -0.919. The Morgan fingerprint density at radius 1 is 1.25 bits per heavy atom. The Labute approximate surface area is 168 Å². The zero-order valence-electron chi connectivity index (χ0n) is 16.3. The normalized spacial score (nSPS) is 18.1. The van der Waals surface area contributed by atoms with Crippen molar-refractivity contribution in [1.29, 1.82) is 0 Å². The molecule has 1 aliphatic heterocycles. The molecule has 2 atom stereocenters. The molecule has 150 valence electrons. The maximum Gasteiger partial charge on any atom is 0.321 e. The van der Waals surface area contributed by atoms with E-state index in [4.69, 9.17) is 9.47 Å². The molecule has 2 heterocycles. The van der Waals surface area contributed by atoms with E-state index in [1.165, 1.54) is 10.4 Å². The van der Waals surface area contributed by atoms with Gasteiger partial charge in [-0.15, -0.1) is 11.3 Å². The Kier molecular flexibility index (Phi) is 6.53. The van der Waals surface area contributed by atoms with Gasteiger partial charge >= 0.3 is 6.03 Å². The van der Waals surface area contributed by atoms with Gasteiger partial charge in [-0.3, -0.25) is 10.1 Å². The first-order valence-electron chi connectivity index (χ1n) is 9.27. The van der Waals surface area contributed by atoms with Gasteiger partial charge in [0.25, 0.3) is 5.91 Å². The van der Waals surface area contributed by atoms with Crippen LogP contribution < -0.4 is 25.0 Å². The van der Waals surface area contributed by atoms with Crippen molar-refractivity contribution in [2.24, 2.45) is 0 Å². The van der Waals surface area contributed by atoms with Crippen molar-refractivity contribution in [3.05, 3.63) is 45.6 Å². The van der Waals surface area contributed by atoms with E-state index in [0.29, 0.717) is 18.0 Å². The number of hydrogen-bond donors (Lipinski definition) is 3. The summed E-state index contributed by atoms with van der Waals surface area (Å²) in [5.41, 5.74) is 2.33. The molecule has 2 aromatic rings. The number of thiophene rings is 1. The number of methoxy groups -OCH3 is 2. The summed E-state index contributed by atoms with van der Waals surface area (Å²) < 4.78 is 10.9. The molecule has 0 fully saturated rings. The van der Waals surface area contributed by atoms with Crippen molar-refractivity contribution >= 4 is 23.3 Å². The monoisotopic (exact) mass is 404 g/mol. The lowest BCUT2D eigenvalue weighted by Crippen LogP contribution is -3.14. The number of carbonyl (C=O) groups excluding carboxylic acids is 2. The van der Waals surface area contributed by atoms with Crippen LogP contribution in [0.15, 0.2) is 29.6 Å². The first-order valence-corrected chi connectivity index (χ1v) is 10.2. The molecule has 1 unspecified atom stereocenters. The third kappa shape index (κ3) is 4.28. The number of imide groups is 1. The lowest BCUT2D eigenvalue weighted by Gasteiger charge is -2.34. The van der Waals surface area contributed by atoms with Crippen LogP contribution in [0.2, 0.25) is 0 Å². The number of fused-ring (bicyclic) bond motifs is 1. The maximum atomic E-state index is 12.4. The molecule has 0 radical (unpaired) electrons. The summed E-state index contributed by atoms with van der Waals surface area (Å²) in [6.07, 6.45) is 0.821. The summed E-state index contributed by atoms with van der Waals surface area (Å²) in [6, 6.07) is 7.69. The summed E-state index contributed by atoms with van der Waals surface area (Å²) >= 11 is 1.67. The van der Waals surface area contributed by atoms with Crippen molar-refractivity contribution in [2.45, 2.75) is 19.4 Å². The fourth-order valence-electron chi connectivity index (χ4n) is 3.66. The quantitative estimate of drug-likeness (QED) is 0.675. The first-order chi connectivity index (χ1) is 13.6. The second kappa shape index (κ2) is 9.07. The molecule has 0 aliphatic carbocycles. The predicted molar refractivity (Wildman–Crippen MR) is 107 cm³/mol. The van der Waals surface area contributed by atoms with Crippen LogP contribution in [0, 0.1) is 0 Å². The maximum absolute atomic E-state index is 12.4. The van der Waals surface area contributed by atoms with Gasteiger partial charge in [-0.2, -0.15) is 0 Å². The number of hydrogen-bond acceptors (Lipinski definition) is 5. The topological polar surface area (TPSA) is 81.1 Å². The second-order valence-corrected chi connectivity index (χ2v) is 7.58. The number of carbonyl (C=O) groups is 2. The number of amides is 3. The summed E-state index contributed by atoms with van der Waals surface area (Å²) in [5, 5.41) is 7.03. The van der Waals surface area contributed by atoms with Gasteiger partial charge in [-0.25, -0.2) is 4.79 Å². The Bertz CT molecular complexity index is 838. The fourth-order valence-corrected chi connectivity index (χ4v) is 4.56. The minimum atomic E-state index is -0.455. The number of benzene rings is 1. The molecule has 8 heteroatoms. The largest absolute Gasteiger partial charge is 0.493 e. The zero-order chi connectivity index (χ0) is 20.1. The number of nitrogens with one attached hydrogen (secondary N) is 3. The van der Waals surface area contributed by atoms with Crippen LogP contribution in [0.5, 0.6) is 11.5 Å². The zero-order valence-corrected chi connectivity index (χ0v) is 17.2. The molecule has 0 saturated carbocycles. The van der Waals surface area contributed by atoms with Crippen molar-refractivity contribution in [2.75, 3.05) is 33.9 Å². The molecule has 3 amide bonds. The molecule has 28 heavy (non-hydrogen) atoms. The lowest BCUT2D eigenvalue weighted by atomic mass is 9.91. The Balaban J connectivity index is 1.91. The van der Waals surface area contributed by atoms with Gasteiger partial charge in [-0.05, 0) is 36.1 Å². The van der Waals surface area contributed by atoms with Gasteiger partial charge in [0.15, 0.2) is 18.0 Å². The number of urea groups is 1. The standard InChI is InChI=1S/C20H25N3O4S/c1-4-21-20(25)22-18(24)12-23-8-7-13-10-15(26-2)16(27-3)11-14(13)19(23)17-6-5-9-28-17/h5-6,9-11,19H,4,7-8,12H2,1-3H3,(H2,21,22,24,25)/p+1/t19-/m1/s1. The molecule has 0 bridgehead atoms. The Hall–Kier alpha value is -2.58. The predicted octanol–water partition coefficient (Wildman–Crippen LogP) is 1.14. The average molecular weight is 405 g/mol. The van der Waals surface area contributed by atoms with E-state index in [-0.39, 0.29) is 18.5 Å². The number of quaternary nitrogens is 1. The number of ether oxygens (including phenoxy) is 2. The highest BCUT2D eigenvalue weighted by Crippen LogP contribution is 2.36. The van der Waals surface area contributed by atoms with E-state index in [2.05, 4.69) is 16.7 Å². The number of rotatable bonds is 6. The molecule has 1 aromatic carbocycles. The van der Waals surface area contributed by atoms with Gasteiger partial charge in [-0.1, -0.05) is 6.07 Å². The van der Waals surface area contributed by atoms with Gasteiger partial charge in [0.2, 0.25) is 0 Å². The van der Waals surface area contributed by atoms with Crippen LogP contribution in [-0.2, 0) is 11.2 Å². The van der Waals surface area contributed by atoms with Crippen molar-refractivity contribution in [3.8, 4) is 11.5 Å². The Morgan fingerprint density at radius 3 is 2.64 bits per heavy atom. The molecule has 3 N–H and O–H groups in total. The van der Waals surface area contributed by atoms with Gasteiger partial charge < -0.3 is 19.7 Å². The van der Waals surface area contributed by atoms with Crippen LogP contribution in [-0.4, -0.2) is 45.8 Å². The SMILES string of the molecule is CCNC(=O)NC(=O)C[NH+]1CCc2cc(OC)c(OC)cc2[C@@H]1c1cccs1. The van der Waals surface area contributed by atoms with E-state index in [1.54, 1.807) is 25.6 Å². The highest BCUT2D eigenvalue weighted by atomic mass is 32.1. The molecule has 7 nitrogen and oxygen atoms in total. The third-order valence-corrected chi connectivity index (χ3v) is 5.82. The highest BCUT2D eigenvalue weighted by molar-refractivity contribution is 7.10. The molecular formula is C20H26N3O4S+. The fraction of sp³-hybridized carbons (Fsp3) is 0.400. The summed E-state index contributed by atoms with van der Waals surface area (Å²) in [6.45, 7) is 3.29. The van der Waals surface area contributed by atoms with E-state index in [0.717, 1.165) is 23.4 Å². The molecule has 0 spiro atoms. The van der Waals surface area contributed by atoms with E-state index in [1.807, 2.05) is 30.5 Å². The first kappa shape index (κ1) is 20.2. The van der Waals surface area contributed by atoms with Crippen LogP contribution in [0.4, 0.5) is 4.79 Å². The van der Waals surface area contributed by atoms with Gasteiger partial charge in [0, 0.05) is 18.5 Å². The van der Waals surface area contributed by atoms with Crippen LogP contribution in [0.3, 0.4) is 0 Å². The van der Waals surface area contributed by atoms with Gasteiger partial charge in [0.1, 0.15) is 6.04 Å². The molecular weight excluding hydrogens is 378 g/mol. The van der Waals surface area contributed by atoms with Gasteiger partial charge in [0.05, 0.1) is 25.6 Å². The van der Waals surface area contributed by atoms with Crippen molar-refractivity contribution in [1.82, 2.24) is 10.6 Å². The smallest absolute Gasteiger partial charge is 0.321 e. The third-order valence-electron chi connectivity index (χ3n) is 4.89. The summed E-state index contributed by atoms with van der Waals surface area (Å²) in [4.78, 5) is 26.4. The second-order valence-electron chi connectivity index (χ2n) is 6.60. The average Bonchev–Trinajstić information content (AvgIpc) is 3.20. The highest BCUT2D eigenvalue weighted by Gasteiger charge is 2.35. The van der Waals surface area contributed by atoms with Crippen molar-refractivity contribution < 1.29 is 24.0 Å². The van der Waals surface area contributed by atoms with Crippen LogP contribution >= 0.6 is 11.3 Å². The van der Waals surface area contributed by atoms with Crippen molar-refractivity contribution in [3.63, 3.8) is 0 Å².